The van der Waals surface area contributed by atoms with Gasteiger partial charge in [0.05, 0.1) is 12.5 Å². The SMILES string of the molecule is C=C1C(=O)OC(CCCCC)C1CO. The van der Waals surface area contributed by atoms with E-state index < -0.39 is 0 Å². The molecular formula is C11H18O3. The lowest BCUT2D eigenvalue weighted by atomic mass is 9.94. The maximum atomic E-state index is 11.2. The third-order valence-electron chi connectivity index (χ3n) is 2.71. The molecule has 0 amide bonds. The smallest absolute Gasteiger partial charge is 0.334 e. The summed E-state index contributed by atoms with van der Waals surface area (Å²) in [7, 11) is 0. The Morgan fingerprint density at radius 1 is 1.50 bits per heavy atom. The van der Waals surface area contributed by atoms with E-state index in [4.69, 9.17) is 9.84 Å². The molecule has 0 spiro atoms. The molecule has 1 rings (SSSR count). The van der Waals surface area contributed by atoms with Crippen LogP contribution in [0.4, 0.5) is 0 Å². The number of esters is 1. The number of hydrogen-bond donors (Lipinski definition) is 1. The van der Waals surface area contributed by atoms with Gasteiger partial charge in [-0.15, -0.1) is 0 Å². The van der Waals surface area contributed by atoms with Gasteiger partial charge < -0.3 is 9.84 Å². The fourth-order valence-electron chi connectivity index (χ4n) is 1.75. The molecule has 1 N–H and O–H groups in total. The maximum Gasteiger partial charge on any atom is 0.334 e. The molecule has 1 aliphatic heterocycles. The summed E-state index contributed by atoms with van der Waals surface area (Å²) in [5.41, 5.74) is 0.425. The van der Waals surface area contributed by atoms with Crippen LogP contribution in [0.2, 0.25) is 0 Å². The Balaban J connectivity index is 2.44. The van der Waals surface area contributed by atoms with E-state index in [0.29, 0.717) is 5.57 Å². The van der Waals surface area contributed by atoms with Crippen molar-refractivity contribution >= 4 is 5.97 Å². The predicted molar refractivity (Wildman–Crippen MR) is 53.7 cm³/mol. The van der Waals surface area contributed by atoms with Gasteiger partial charge in [-0.3, -0.25) is 0 Å². The standard InChI is InChI=1S/C11H18O3/c1-3-4-5-6-10-9(7-12)8(2)11(13)14-10/h9-10,12H,2-7H2,1H3. The second-order valence-electron chi connectivity index (χ2n) is 3.75. The van der Waals surface area contributed by atoms with Crippen LogP contribution in [0.3, 0.4) is 0 Å². The van der Waals surface area contributed by atoms with Crippen molar-refractivity contribution in [1.29, 1.82) is 0 Å². The van der Waals surface area contributed by atoms with Gasteiger partial charge in [-0.1, -0.05) is 26.3 Å². The Morgan fingerprint density at radius 2 is 2.21 bits per heavy atom. The Hall–Kier alpha value is -0.830. The highest BCUT2D eigenvalue weighted by Crippen LogP contribution is 2.29. The van der Waals surface area contributed by atoms with Crippen molar-refractivity contribution in [3.63, 3.8) is 0 Å². The summed E-state index contributed by atoms with van der Waals surface area (Å²) in [5.74, 6) is -0.523. The van der Waals surface area contributed by atoms with Gasteiger partial charge in [-0.05, 0) is 12.8 Å². The quantitative estimate of drug-likeness (QED) is 0.415. The van der Waals surface area contributed by atoms with Gasteiger partial charge in [-0.2, -0.15) is 0 Å². The number of hydrogen-bond acceptors (Lipinski definition) is 3. The first kappa shape index (κ1) is 11.2. The Morgan fingerprint density at radius 3 is 2.79 bits per heavy atom. The van der Waals surface area contributed by atoms with Crippen molar-refractivity contribution < 1.29 is 14.6 Å². The normalized spacial score (nSPS) is 26.7. The molecule has 0 aromatic carbocycles. The van der Waals surface area contributed by atoms with E-state index >= 15 is 0 Å². The molecule has 14 heavy (non-hydrogen) atoms. The average Bonchev–Trinajstić information content (AvgIpc) is 2.43. The highest BCUT2D eigenvalue weighted by Gasteiger charge is 2.37. The van der Waals surface area contributed by atoms with Crippen molar-refractivity contribution in [2.45, 2.75) is 38.7 Å². The monoisotopic (exact) mass is 198 g/mol. The van der Waals surface area contributed by atoms with Crippen molar-refractivity contribution in [1.82, 2.24) is 0 Å². The Labute approximate surface area is 84.8 Å². The third kappa shape index (κ3) is 2.35. The van der Waals surface area contributed by atoms with Crippen molar-refractivity contribution in [3.8, 4) is 0 Å². The fourth-order valence-corrected chi connectivity index (χ4v) is 1.75. The van der Waals surface area contributed by atoms with Gasteiger partial charge in [0.1, 0.15) is 6.10 Å². The molecular weight excluding hydrogens is 180 g/mol. The summed E-state index contributed by atoms with van der Waals surface area (Å²) in [6, 6.07) is 0. The third-order valence-corrected chi connectivity index (χ3v) is 2.71. The zero-order valence-corrected chi connectivity index (χ0v) is 8.66. The summed E-state index contributed by atoms with van der Waals surface area (Å²) >= 11 is 0. The van der Waals surface area contributed by atoms with Crippen LogP contribution in [-0.4, -0.2) is 23.8 Å². The summed E-state index contributed by atoms with van der Waals surface area (Å²) in [6.07, 6.45) is 4.01. The van der Waals surface area contributed by atoms with Crippen LogP contribution in [0, 0.1) is 5.92 Å². The fraction of sp³-hybridized carbons (Fsp3) is 0.727. The minimum Gasteiger partial charge on any atom is -0.458 e. The lowest BCUT2D eigenvalue weighted by molar-refractivity contribution is -0.139. The minimum absolute atomic E-state index is 0.0403. The molecule has 3 nitrogen and oxygen atoms in total. The van der Waals surface area contributed by atoms with Crippen LogP contribution >= 0.6 is 0 Å². The molecule has 0 aliphatic carbocycles. The minimum atomic E-state index is -0.342. The number of aliphatic hydroxyl groups excluding tert-OH is 1. The number of unbranched alkanes of at least 4 members (excludes halogenated alkanes) is 2. The maximum absolute atomic E-state index is 11.2. The van der Waals surface area contributed by atoms with Crippen LogP contribution < -0.4 is 0 Å². The molecule has 1 fully saturated rings. The summed E-state index contributed by atoms with van der Waals surface area (Å²) in [6.45, 7) is 5.72. The van der Waals surface area contributed by atoms with Gasteiger partial charge >= 0.3 is 5.97 Å². The van der Waals surface area contributed by atoms with Crippen molar-refractivity contribution in [3.05, 3.63) is 12.2 Å². The van der Waals surface area contributed by atoms with Crippen LogP contribution in [0.25, 0.3) is 0 Å². The molecule has 0 saturated carbocycles. The molecule has 0 bridgehead atoms. The molecule has 2 unspecified atom stereocenters. The van der Waals surface area contributed by atoms with E-state index in [0.717, 1.165) is 25.7 Å². The van der Waals surface area contributed by atoms with E-state index in [1.54, 1.807) is 0 Å². The van der Waals surface area contributed by atoms with Gasteiger partial charge in [0.2, 0.25) is 0 Å². The molecule has 1 heterocycles. The zero-order valence-electron chi connectivity index (χ0n) is 8.66. The van der Waals surface area contributed by atoms with E-state index in [9.17, 15) is 4.79 Å². The second-order valence-corrected chi connectivity index (χ2v) is 3.75. The number of aliphatic hydroxyl groups is 1. The lowest BCUT2D eigenvalue weighted by Gasteiger charge is -2.14. The number of carbonyl (C=O) groups excluding carboxylic acids is 1. The largest absolute Gasteiger partial charge is 0.458 e. The molecule has 80 valence electrons. The summed E-state index contributed by atoms with van der Waals surface area (Å²) in [5, 5.41) is 9.09. The number of carbonyl (C=O) groups is 1. The average molecular weight is 198 g/mol. The van der Waals surface area contributed by atoms with Gasteiger partial charge in [0.15, 0.2) is 0 Å². The lowest BCUT2D eigenvalue weighted by Crippen LogP contribution is -2.19. The number of ether oxygens (including phenoxy) is 1. The second kappa shape index (κ2) is 5.15. The molecule has 3 heteroatoms. The molecule has 0 aromatic heterocycles. The first-order valence-electron chi connectivity index (χ1n) is 5.21. The molecule has 1 saturated heterocycles. The topological polar surface area (TPSA) is 46.5 Å². The van der Waals surface area contributed by atoms with Crippen LogP contribution in [-0.2, 0) is 9.53 Å². The van der Waals surface area contributed by atoms with E-state index in [-0.39, 0.29) is 24.6 Å². The van der Waals surface area contributed by atoms with E-state index in [1.165, 1.54) is 0 Å². The summed E-state index contributed by atoms with van der Waals surface area (Å²) in [4.78, 5) is 11.2. The molecule has 0 aromatic rings. The van der Waals surface area contributed by atoms with Crippen LogP contribution in [0.1, 0.15) is 32.6 Å². The van der Waals surface area contributed by atoms with Gasteiger partial charge in [0.25, 0.3) is 0 Å². The first-order valence-corrected chi connectivity index (χ1v) is 5.21. The predicted octanol–water partition coefficient (Wildman–Crippen LogP) is 1.66. The highest BCUT2D eigenvalue weighted by molar-refractivity contribution is 5.90. The molecule has 1 aliphatic rings. The molecule has 0 radical (unpaired) electrons. The van der Waals surface area contributed by atoms with Crippen LogP contribution in [0.5, 0.6) is 0 Å². The van der Waals surface area contributed by atoms with Gasteiger partial charge in [0, 0.05) is 5.57 Å². The first-order chi connectivity index (χ1) is 6.70. The van der Waals surface area contributed by atoms with Crippen LogP contribution in [0.15, 0.2) is 12.2 Å². The number of cyclic esters (lactones) is 1. The van der Waals surface area contributed by atoms with E-state index in [1.807, 2.05) is 0 Å². The van der Waals surface area contributed by atoms with E-state index in [2.05, 4.69) is 13.5 Å². The Kier molecular flexibility index (Phi) is 4.14. The van der Waals surface area contributed by atoms with Gasteiger partial charge in [-0.25, -0.2) is 4.79 Å². The highest BCUT2D eigenvalue weighted by atomic mass is 16.6. The Bertz CT molecular complexity index is 223. The zero-order chi connectivity index (χ0) is 10.6. The summed E-state index contributed by atoms with van der Waals surface area (Å²) < 4.78 is 5.13. The van der Waals surface area contributed by atoms with Crippen molar-refractivity contribution in [2.24, 2.45) is 5.92 Å². The number of rotatable bonds is 5. The van der Waals surface area contributed by atoms with Crippen molar-refractivity contribution in [2.75, 3.05) is 6.61 Å². The molecule has 2 atom stereocenters.